The third kappa shape index (κ3) is 2.60. The lowest BCUT2D eigenvalue weighted by atomic mass is 10.2. The van der Waals surface area contributed by atoms with Crippen molar-refractivity contribution in [3.63, 3.8) is 0 Å². The minimum absolute atomic E-state index is 0.528. The van der Waals surface area contributed by atoms with Gasteiger partial charge in [0, 0.05) is 20.1 Å². The molecule has 0 N–H and O–H groups in total. The Morgan fingerprint density at radius 3 is 2.55 bits per heavy atom. The topological polar surface area (TPSA) is 23.6 Å². The number of aldehydes is 1. The number of hydrogen-bond acceptors (Lipinski definition) is 3. The molecule has 3 heteroatoms. The van der Waals surface area contributed by atoms with Crippen LogP contribution in [0.15, 0.2) is 0 Å². The van der Waals surface area contributed by atoms with Gasteiger partial charge >= 0.3 is 0 Å². The average molecular weight is 156 g/mol. The third-order valence-electron chi connectivity index (χ3n) is 2.15. The van der Waals surface area contributed by atoms with Crippen LogP contribution in [0.3, 0.4) is 0 Å². The van der Waals surface area contributed by atoms with Gasteiger partial charge in [0.15, 0.2) is 0 Å². The molecule has 0 atom stereocenters. The minimum atomic E-state index is 0.528. The fourth-order valence-corrected chi connectivity index (χ4v) is 1.44. The molecular weight excluding hydrogens is 140 g/mol. The van der Waals surface area contributed by atoms with Gasteiger partial charge < -0.3 is 4.79 Å². The lowest BCUT2D eigenvalue weighted by Gasteiger charge is -2.33. The van der Waals surface area contributed by atoms with E-state index in [1.807, 2.05) is 12.1 Å². The molecule has 1 saturated heterocycles. The number of carbonyl (C=O) groups is 1. The van der Waals surface area contributed by atoms with E-state index in [1.54, 1.807) is 0 Å². The molecule has 0 aromatic carbocycles. The Labute approximate surface area is 67.9 Å². The zero-order valence-corrected chi connectivity index (χ0v) is 7.12. The molecule has 3 nitrogen and oxygen atoms in total. The first-order valence-electron chi connectivity index (χ1n) is 4.24. The molecule has 64 valence electrons. The number of piperidine rings is 1. The summed E-state index contributed by atoms with van der Waals surface area (Å²) in [5, 5.41) is 4.25. The maximum absolute atomic E-state index is 10.2. The van der Waals surface area contributed by atoms with E-state index in [-0.39, 0.29) is 0 Å². The third-order valence-corrected chi connectivity index (χ3v) is 2.15. The molecule has 11 heavy (non-hydrogen) atoms. The first kappa shape index (κ1) is 8.68. The highest BCUT2D eigenvalue weighted by molar-refractivity contribution is 5.51. The van der Waals surface area contributed by atoms with Crippen molar-refractivity contribution in [3.8, 4) is 0 Å². The van der Waals surface area contributed by atoms with Gasteiger partial charge in [0.05, 0.1) is 6.54 Å². The molecule has 0 aliphatic carbocycles. The molecular formula is C8H16N2O. The first-order valence-corrected chi connectivity index (χ1v) is 4.24. The molecule has 0 saturated carbocycles. The SMILES string of the molecule is CN(CC=O)N1CCCCC1. The van der Waals surface area contributed by atoms with Crippen molar-refractivity contribution >= 4 is 6.29 Å². The summed E-state index contributed by atoms with van der Waals surface area (Å²) in [6.45, 7) is 2.76. The summed E-state index contributed by atoms with van der Waals surface area (Å²) in [7, 11) is 1.97. The molecule has 0 spiro atoms. The van der Waals surface area contributed by atoms with Crippen molar-refractivity contribution in [2.75, 3.05) is 26.7 Å². The van der Waals surface area contributed by atoms with Crippen LogP contribution in [-0.2, 0) is 4.79 Å². The maximum Gasteiger partial charge on any atom is 0.135 e. The van der Waals surface area contributed by atoms with E-state index < -0.39 is 0 Å². The molecule has 1 fully saturated rings. The second kappa shape index (κ2) is 4.46. The maximum atomic E-state index is 10.2. The lowest BCUT2D eigenvalue weighted by molar-refractivity contribution is -0.113. The Bertz CT molecular complexity index is 121. The summed E-state index contributed by atoms with van der Waals surface area (Å²) >= 11 is 0. The highest BCUT2D eigenvalue weighted by Gasteiger charge is 2.13. The predicted octanol–water partition coefficient (Wildman–Crippen LogP) is 0.518. The van der Waals surface area contributed by atoms with Crippen molar-refractivity contribution in [3.05, 3.63) is 0 Å². The monoisotopic (exact) mass is 156 g/mol. The lowest BCUT2D eigenvalue weighted by Crippen LogP contribution is -2.43. The van der Waals surface area contributed by atoms with Crippen LogP contribution in [0.2, 0.25) is 0 Å². The van der Waals surface area contributed by atoms with Crippen LogP contribution in [0.5, 0.6) is 0 Å². The van der Waals surface area contributed by atoms with Crippen LogP contribution in [0.1, 0.15) is 19.3 Å². The molecule has 0 amide bonds. The van der Waals surface area contributed by atoms with E-state index in [1.165, 1.54) is 19.3 Å². The number of likely N-dealkylation sites (N-methyl/N-ethyl adjacent to an activating group) is 1. The summed E-state index contributed by atoms with van der Waals surface area (Å²) in [4.78, 5) is 10.2. The molecule has 0 unspecified atom stereocenters. The zero-order chi connectivity index (χ0) is 8.10. The number of hydrazine groups is 1. The van der Waals surface area contributed by atoms with Crippen LogP contribution < -0.4 is 0 Å². The molecule has 1 rings (SSSR count). The molecule has 0 aromatic heterocycles. The Morgan fingerprint density at radius 2 is 2.00 bits per heavy atom. The molecule has 0 bridgehead atoms. The quantitative estimate of drug-likeness (QED) is 0.556. The first-order chi connectivity index (χ1) is 5.34. The Hall–Kier alpha value is -0.410. The largest absolute Gasteiger partial charge is 0.302 e. The Kier molecular flexibility index (Phi) is 3.52. The van der Waals surface area contributed by atoms with Gasteiger partial charge in [-0.05, 0) is 12.8 Å². The van der Waals surface area contributed by atoms with Gasteiger partial charge in [-0.1, -0.05) is 6.42 Å². The molecule has 0 radical (unpaired) electrons. The van der Waals surface area contributed by atoms with Crippen molar-refractivity contribution in [1.29, 1.82) is 0 Å². The highest BCUT2D eigenvalue weighted by Crippen LogP contribution is 2.09. The summed E-state index contributed by atoms with van der Waals surface area (Å²) in [5.74, 6) is 0. The predicted molar refractivity (Wildman–Crippen MR) is 44.1 cm³/mol. The number of hydrogen-bond donors (Lipinski definition) is 0. The second-order valence-electron chi connectivity index (χ2n) is 3.02. The van der Waals surface area contributed by atoms with Crippen LogP contribution in [-0.4, -0.2) is 43.0 Å². The van der Waals surface area contributed by atoms with Crippen LogP contribution >= 0.6 is 0 Å². The van der Waals surface area contributed by atoms with Crippen LogP contribution in [0.25, 0.3) is 0 Å². The van der Waals surface area contributed by atoms with Crippen molar-refractivity contribution in [2.24, 2.45) is 0 Å². The van der Waals surface area contributed by atoms with Gasteiger partial charge in [-0.2, -0.15) is 0 Å². The number of carbonyl (C=O) groups excluding carboxylic acids is 1. The van der Waals surface area contributed by atoms with Gasteiger partial charge in [-0.15, -0.1) is 0 Å². The fraction of sp³-hybridized carbons (Fsp3) is 0.875. The highest BCUT2D eigenvalue weighted by atomic mass is 16.1. The van der Waals surface area contributed by atoms with Crippen molar-refractivity contribution < 1.29 is 4.79 Å². The standard InChI is InChI=1S/C8H16N2O/c1-9(7-8-11)10-5-3-2-4-6-10/h8H,2-7H2,1H3. The van der Waals surface area contributed by atoms with Gasteiger partial charge in [0.2, 0.25) is 0 Å². The van der Waals surface area contributed by atoms with Crippen LogP contribution in [0.4, 0.5) is 0 Å². The molecule has 1 heterocycles. The number of nitrogens with zero attached hydrogens (tertiary/aromatic N) is 2. The van der Waals surface area contributed by atoms with E-state index in [4.69, 9.17) is 0 Å². The summed E-state index contributed by atoms with van der Waals surface area (Å²) in [5.41, 5.74) is 0. The van der Waals surface area contributed by atoms with E-state index in [9.17, 15) is 4.79 Å². The summed E-state index contributed by atoms with van der Waals surface area (Å²) in [6, 6.07) is 0. The van der Waals surface area contributed by atoms with Crippen molar-refractivity contribution in [2.45, 2.75) is 19.3 Å². The van der Waals surface area contributed by atoms with E-state index in [0.717, 1.165) is 19.4 Å². The molecule has 0 aromatic rings. The summed E-state index contributed by atoms with van der Waals surface area (Å²) in [6.07, 6.45) is 4.83. The fourth-order valence-electron chi connectivity index (χ4n) is 1.44. The van der Waals surface area contributed by atoms with E-state index >= 15 is 0 Å². The normalized spacial score (nSPS) is 20.5. The van der Waals surface area contributed by atoms with E-state index in [0.29, 0.717) is 6.54 Å². The Morgan fingerprint density at radius 1 is 1.36 bits per heavy atom. The molecule has 1 aliphatic rings. The molecule has 1 aliphatic heterocycles. The average Bonchev–Trinajstić information content (AvgIpc) is 2.07. The van der Waals surface area contributed by atoms with Gasteiger partial charge in [0.1, 0.15) is 6.29 Å². The zero-order valence-electron chi connectivity index (χ0n) is 7.12. The smallest absolute Gasteiger partial charge is 0.135 e. The minimum Gasteiger partial charge on any atom is -0.302 e. The summed E-state index contributed by atoms with van der Waals surface area (Å²) < 4.78 is 0. The van der Waals surface area contributed by atoms with Gasteiger partial charge in [0.25, 0.3) is 0 Å². The van der Waals surface area contributed by atoms with E-state index in [2.05, 4.69) is 5.01 Å². The van der Waals surface area contributed by atoms with Gasteiger partial charge in [-0.3, -0.25) is 0 Å². The Balaban J connectivity index is 2.26. The number of rotatable bonds is 3. The second-order valence-corrected chi connectivity index (χ2v) is 3.02. The van der Waals surface area contributed by atoms with Gasteiger partial charge in [-0.25, -0.2) is 10.0 Å². The van der Waals surface area contributed by atoms with Crippen LogP contribution in [0, 0.1) is 0 Å². The van der Waals surface area contributed by atoms with Crippen molar-refractivity contribution in [1.82, 2.24) is 10.0 Å².